The largest absolute Gasteiger partial charge is 0.244 e. The molecule has 0 unspecified atom stereocenters. The fraction of sp³-hybridized carbons (Fsp3) is 0.400. The minimum Gasteiger partial charge on any atom is -0.207 e. The van der Waals surface area contributed by atoms with Crippen LogP contribution in [0.25, 0.3) is 0 Å². The molecule has 1 aromatic rings. The van der Waals surface area contributed by atoms with Crippen LogP contribution in [0.1, 0.15) is 13.8 Å². The Labute approximate surface area is 106 Å². The number of hydrogen-bond acceptors (Lipinski definition) is 2. The molecule has 0 atom stereocenters. The predicted molar refractivity (Wildman–Crippen MR) is 66.6 cm³/mol. The first-order valence-corrected chi connectivity index (χ1v) is 7.08. The van der Waals surface area contributed by atoms with Crippen LogP contribution in [0.2, 0.25) is 10.0 Å². The fourth-order valence-electron chi connectivity index (χ4n) is 1.39. The molecule has 90 valence electrons. The average Bonchev–Trinajstić information content (AvgIpc) is 2.18. The summed E-state index contributed by atoms with van der Waals surface area (Å²) >= 11 is 11.6. The first-order valence-electron chi connectivity index (χ1n) is 4.88. The van der Waals surface area contributed by atoms with Gasteiger partial charge >= 0.3 is 0 Å². The van der Waals surface area contributed by atoms with Crippen molar-refractivity contribution in [2.24, 2.45) is 0 Å². The number of rotatable bonds is 4. The van der Waals surface area contributed by atoms with Crippen molar-refractivity contribution in [1.82, 2.24) is 4.31 Å². The van der Waals surface area contributed by atoms with E-state index >= 15 is 0 Å². The van der Waals surface area contributed by atoms with E-state index in [2.05, 4.69) is 0 Å². The lowest BCUT2D eigenvalue weighted by molar-refractivity contribution is 0.445. The zero-order valence-electron chi connectivity index (χ0n) is 9.07. The summed E-state index contributed by atoms with van der Waals surface area (Å²) < 4.78 is 25.6. The molecular formula is C10H13Cl2NO2S. The second kappa shape index (κ2) is 5.36. The number of halogens is 2. The first kappa shape index (κ1) is 13.8. The van der Waals surface area contributed by atoms with Gasteiger partial charge in [-0.05, 0) is 18.2 Å². The van der Waals surface area contributed by atoms with Crippen molar-refractivity contribution >= 4 is 33.2 Å². The third-order valence-corrected chi connectivity index (χ3v) is 4.99. The maximum absolute atomic E-state index is 12.1. The van der Waals surface area contributed by atoms with Crippen molar-refractivity contribution in [3.8, 4) is 0 Å². The Morgan fingerprint density at radius 2 is 1.75 bits per heavy atom. The van der Waals surface area contributed by atoms with E-state index in [0.717, 1.165) is 0 Å². The van der Waals surface area contributed by atoms with E-state index in [0.29, 0.717) is 18.1 Å². The van der Waals surface area contributed by atoms with Gasteiger partial charge in [0, 0.05) is 18.1 Å². The normalized spacial score (nSPS) is 12.1. The van der Waals surface area contributed by atoms with E-state index < -0.39 is 10.0 Å². The summed E-state index contributed by atoms with van der Waals surface area (Å²) in [5, 5.41) is 0.572. The second-order valence-corrected chi connectivity index (χ2v) is 5.91. The average molecular weight is 282 g/mol. The van der Waals surface area contributed by atoms with E-state index in [1.807, 2.05) is 0 Å². The molecule has 3 nitrogen and oxygen atoms in total. The van der Waals surface area contributed by atoms with Gasteiger partial charge in [0.25, 0.3) is 0 Å². The van der Waals surface area contributed by atoms with Gasteiger partial charge < -0.3 is 0 Å². The van der Waals surface area contributed by atoms with E-state index in [-0.39, 0.29) is 9.92 Å². The summed E-state index contributed by atoms with van der Waals surface area (Å²) in [6, 6.07) is 4.38. The van der Waals surface area contributed by atoms with E-state index in [4.69, 9.17) is 23.2 Å². The van der Waals surface area contributed by atoms with Gasteiger partial charge in [-0.3, -0.25) is 0 Å². The Balaban J connectivity index is 3.27. The van der Waals surface area contributed by atoms with Crippen LogP contribution in [0.5, 0.6) is 0 Å². The minimum atomic E-state index is -3.51. The van der Waals surface area contributed by atoms with Crippen LogP contribution in [0, 0.1) is 0 Å². The van der Waals surface area contributed by atoms with Gasteiger partial charge in [-0.1, -0.05) is 37.0 Å². The molecule has 0 aliphatic carbocycles. The van der Waals surface area contributed by atoms with Crippen LogP contribution in [-0.4, -0.2) is 25.8 Å². The van der Waals surface area contributed by atoms with Gasteiger partial charge in [0.15, 0.2) is 0 Å². The van der Waals surface area contributed by atoms with Gasteiger partial charge in [-0.25, -0.2) is 8.42 Å². The lowest BCUT2D eigenvalue weighted by atomic mass is 10.4. The highest BCUT2D eigenvalue weighted by atomic mass is 35.5. The van der Waals surface area contributed by atoms with Gasteiger partial charge in [-0.15, -0.1) is 0 Å². The summed E-state index contributed by atoms with van der Waals surface area (Å²) in [6.07, 6.45) is 0. The van der Waals surface area contributed by atoms with Crippen LogP contribution in [-0.2, 0) is 10.0 Å². The summed E-state index contributed by atoms with van der Waals surface area (Å²) in [7, 11) is -3.51. The Morgan fingerprint density at radius 3 is 2.19 bits per heavy atom. The van der Waals surface area contributed by atoms with Gasteiger partial charge in [0.05, 0.1) is 5.02 Å². The Kier molecular flexibility index (Phi) is 4.62. The predicted octanol–water partition coefficient (Wildman–Crippen LogP) is 3.02. The van der Waals surface area contributed by atoms with Gasteiger partial charge in [0.2, 0.25) is 10.0 Å². The summed E-state index contributed by atoms with van der Waals surface area (Å²) in [5.74, 6) is 0. The standard InChI is InChI=1S/C10H13Cl2NO2S/c1-3-13(4-2)16(14,15)10-6-5-8(11)7-9(10)12/h5-7H,3-4H2,1-2H3. The number of sulfonamides is 1. The molecule has 0 radical (unpaired) electrons. The Bertz CT molecular complexity index is 470. The lowest BCUT2D eigenvalue weighted by Gasteiger charge is -2.19. The third kappa shape index (κ3) is 2.69. The molecule has 0 aliphatic rings. The molecule has 0 aliphatic heterocycles. The molecule has 0 bridgehead atoms. The third-order valence-electron chi connectivity index (χ3n) is 2.22. The van der Waals surface area contributed by atoms with Gasteiger partial charge in [-0.2, -0.15) is 4.31 Å². The van der Waals surface area contributed by atoms with Crippen LogP contribution in [0.4, 0.5) is 0 Å². The molecule has 0 fully saturated rings. The topological polar surface area (TPSA) is 37.4 Å². The highest BCUT2D eigenvalue weighted by Crippen LogP contribution is 2.27. The fourth-order valence-corrected chi connectivity index (χ4v) is 3.59. The maximum atomic E-state index is 12.1. The lowest BCUT2D eigenvalue weighted by Crippen LogP contribution is -2.30. The number of nitrogens with zero attached hydrogens (tertiary/aromatic N) is 1. The minimum absolute atomic E-state index is 0.0993. The van der Waals surface area contributed by atoms with Crippen LogP contribution in [0.3, 0.4) is 0 Å². The van der Waals surface area contributed by atoms with E-state index in [1.165, 1.54) is 22.5 Å². The van der Waals surface area contributed by atoms with E-state index in [9.17, 15) is 8.42 Å². The summed E-state index contributed by atoms with van der Waals surface area (Å²) in [4.78, 5) is 0.0993. The monoisotopic (exact) mass is 281 g/mol. The summed E-state index contributed by atoms with van der Waals surface area (Å²) in [5.41, 5.74) is 0. The molecule has 1 aromatic carbocycles. The molecule has 0 spiro atoms. The van der Waals surface area contributed by atoms with Crippen LogP contribution < -0.4 is 0 Å². The highest BCUT2D eigenvalue weighted by molar-refractivity contribution is 7.89. The Hall–Kier alpha value is -0.290. The molecule has 0 aromatic heterocycles. The Morgan fingerprint density at radius 1 is 1.19 bits per heavy atom. The van der Waals surface area contributed by atoms with Crippen LogP contribution >= 0.6 is 23.2 Å². The molecule has 0 heterocycles. The van der Waals surface area contributed by atoms with Crippen molar-refractivity contribution in [3.05, 3.63) is 28.2 Å². The number of hydrogen-bond donors (Lipinski definition) is 0. The zero-order chi connectivity index (χ0) is 12.3. The SMILES string of the molecule is CCN(CC)S(=O)(=O)c1ccc(Cl)cc1Cl. The maximum Gasteiger partial charge on any atom is 0.244 e. The second-order valence-electron chi connectivity index (χ2n) is 3.16. The quantitative estimate of drug-likeness (QED) is 0.851. The highest BCUT2D eigenvalue weighted by Gasteiger charge is 2.24. The summed E-state index contributed by atoms with van der Waals surface area (Å²) in [6.45, 7) is 4.39. The van der Waals surface area contributed by atoms with Crippen molar-refractivity contribution in [3.63, 3.8) is 0 Å². The van der Waals surface area contributed by atoms with E-state index in [1.54, 1.807) is 13.8 Å². The zero-order valence-corrected chi connectivity index (χ0v) is 11.4. The van der Waals surface area contributed by atoms with Crippen molar-refractivity contribution in [2.45, 2.75) is 18.7 Å². The molecule has 0 saturated heterocycles. The smallest absolute Gasteiger partial charge is 0.207 e. The van der Waals surface area contributed by atoms with Crippen LogP contribution in [0.15, 0.2) is 23.1 Å². The molecule has 0 N–H and O–H groups in total. The first-order chi connectivity index (χ1) is 7.43. The van der Waals surface area contributed by atoms with Crippen molar-refractivity contribution in [1.29, 1.82) is 0 Å². The molecular weight excluding hydrogens is 269 g/mol. The van der Waals surface area contributed by atoms with Crippen molar-refractivity contribution < 1.29 is 8.42 Å². The molecule has 16 heavy (non-hydrogen) atoms. The molecule has 1 rings (SSSR count). The van der Waals surface area contributed by atoms with Gasteiger partial charge in [0.1, 0.15) is 4.90 Å². The molecule has 6 heteroatoms. The van der Waals surface area contributed by atoms with Crippen molar-refractivity contribution in [2.75, 3.05) is 13.1 Å². The number of benzene rings is 1. The molecule has 0 amide bonds. The molecule has 0 saturated carbocycles.